The first-order valence-electron chi connectivity index (χ1n) is 7.33. The Bertz CT molecular complexity index is 573. The lowest BCUT2D eigenvalue weighted by atomic mass is 9.87. The van der Waals surface area contributed by atoms with Crippen LogP contribution in [0.2, 0.25) is 0 Å². The standard InChI is InChI=1S/C16H19F2NO4/c1-22-15(20)10-6-7-19(16(21)23-2)11(8-10)9-12-13(17)4-3-5-14(12)18/h3-5,10-11H,6-9H2,1-2H3. The van der Waals surface area contributed by atoms with Crippen LogP contribution in [0.15, 0.2) is 18.2 Å². The van der Waals surface area contributed by atoms with Gasteiger partial charge in [0.05, 0.1) is 20.1 Å². The summed E-state index contributed by atoms with van der Waals surface area (Å²) in [4.78, 5) is 25.0. The largest absolute Gasteiger partial charge is 0.469 e. The number of amides is 1. The Hall–Kier alpha value is -2.18. The third-order valence-corrected chi connectivity index (χ3v) is 4.16. The summed E-state index contributed by atoms with van der Waals surface area (Å²) in [5, 5.41) is 0. The highest BCUT2D eigenvalue weighted by molar-refractivity contribution is 5.73. The molecule has 0 N–H and O–H groups in total. The van der Waals surface area contributed by atoms with Crippen LogP contribution in [0.4, 0.5) is 13.6 Å². The molecular weight excluding hydrogens is 308 g/mol. The minimum atomic E-state index is -0.671. The fraction of sp³-hybridized carbons (Fsp3) is 0.500. The second-order valence-electron chi connectivity index (χ2n) is 5.47. The number of rotatable bonds is 3. The highest BCUT2D eigenvalue weighted by Gasteiger charge is 2.36. The van der Waals surface area contributed by atoms with Crippen molar-refractivity contribution in [3.8, 4) is 0 Å². The van der Waals surface area contributed by atoms with E-state index in [0.29, 0.717) is 6.42 Å². The number of hydrogen-bond donors (Lipinski definition) is 0. The lowest BCUT2D eigenvalue weighted by Crippen LogP contribution is -2.48. The molecule has 0 radical (unpaired) electrons. The van der Waals surface area contributed by atoms with Crippen LogP contribution in [0.1, 0.15) is 18.4 Å². The molecule has 2 rings (SSSR count). The van der Waals surface area contributed by atoms with Crippen molar-refractivity contribution in [1.82, 2.24) is 4.90 Å². The Labute approximate surface area is 133 Å². The first-order valence-corrected chi connectivity index (χ1v) is 7.33. The molecule has 5 nitrogen and oxygen atoms in total. The van der Waals surface area contributed by atoms with Crippen LogP contribution in [0.5, 0.6) is 0 Å². The van der Waals surface area contributed by atoms with Gasteiger partial charge in [0.15, 0.2) is 0 Å². The van der Waals surface area contributed by atoms with Crippen molar-refractivity contribution in [1.29, 1.82) is 0 Å². The van der Waals surface area contributed by atoms with Crippen molar-refractivity contribution in [3.63, 3.8) is 0 Å². The van der Waals surface area contributed by atoms with E-state index in [-0.39, 0.29) is 30.9 Å². The van der Waals surface area contributed by atoms with Gasteiger partial charge in [0.2, 0.25) is 0 Å². The number of carbonyl (C=O) groups excluding carboxylic acids is 2. The van der Waals surface area contributed by atoms with E-state index in [1.54, 1.807) is 0 Å². The van der Waals surface area contributed by atoms with E-state index >= 15 is 0 Å². The summed E-state index contributed by atoms with van der Waals surface area (Å²) in [6, 6.07) is 3.08. The Morgan fingerprint density at radius 3 is 2.43 bits per heavy atom. The highest BCUT2D eigenvalue weighted by Crippen LogP contribution is 2.28. The number of esters is 1. The lowest BCUT2D eigenvalue weighted by Gasteiger charge is -2.37. The highest BCUT2D eigenvalue weighted by atomic mass is 19.1. The summed E-state index contributed by atoms with van der Waals surface area (Å²) in [5.41, 5.74) is -0.100. The number of benzene rings is 1. The van der Waals surface area contributed by atoms with Gasteiger partial charge in [-0.1, -0.05) is 6.07 Å². The van der Waals surface area contributed by atoms with E-state index in [9.17, 15) is 18.4 Å². The van der Waals surface area contributed by atoms with Gasteiger partial charge in [-0.15, -0.1) is 0 Å². The molecule has 1 saturated heterocycles. The molecule has 0 saturated carbocycles. The van der Waals surface area contributed by atoms with Crippen LogP contribution in [0.25, 0.3) is 0 Å². The number of carbonyl (C=O) groups is 2. The van der Waals surface area contributed by atoms with Gasteiger partial charge >= 0.3 is 12.1 Å². The summed E-state index contributed by atoms with van der Waals surface area (Å²) >= 11 is 0. The molecule has 1 aromatic carbocycles. The zero-order chi connectivity index (χ0) is 17.0. The van der Waals surface area contributed by atoms with Gasteiger partial charge in [0, 0.05) is 18.2 Å². The van der Waals surface area contributed by atoms with E-state index in [1.165, 1.54) is 37.3 Å². The van der Waals surface area contributed by atoms with Crippen LogP contribution < -0.4 is 0 Å². The van der Waals surface area contributed by atoms with Crippen molar-refractivity contribution >= 4 is 12.1 Å². The Morgan fingerprint density at radius 2 is 1.87 bits per heavy atom. The topological polar surface area (TPSA) is 55.8 Å². The Balaban J connectivity index is 2.24. The molecule has 1 aliphatic heterocycles. The molecule has 0 spiro atoms. The maximum absolute atomic E-state index is 13.9. The summed E-state index contributed by atoms with van der Waals surface area (Å²) in [5.74, 6) is -2.13. The molecule has 0 aromatic heterocycles. The quantitative estimate of drug-likeness (QED) is 0.801. The summed E-state index contributed by atoms with van der Waals surface area (Å²) in [6.45, 7) is 0.271. The van der Waals surface area contributed by atoms with Gasteiger partial charge in [-0.2, -0.15) is 0 Å². The third-order valence-electron chi connectivity index (χ3n) is 4.16. The van der Waals surface area contributed by atoms with Crippen LogP contribution in [-0.4, -0.2) is 43.8 Å². The van der Waals surface area contributed by atoms with Gasteiger partial charge in [-0.3, -0.25) is 4.79 Å². The van der Waals surface area contributed by atoms with Gasteiger partial charge in [0.25, 0.3) is 0 Å². The number of halogens is 2. The number of methoxy groups -OCH3 is 2. The molecule has 2 unspecified atom stereocenters. The average Bonchev–Trinajstić information content (AvgIpc) is 2.56. The van der Waals surface area contributed by atoms with Gasteiger partial charge in [-0.05, 0) is 31.4 Å². The molecule has 1 aliphatic rings. The summed E-state index contributed by atoms with van der Waals surface area (Å²) in [7, 11) is 2.54. The molecular formula is C16H19F2NO4. The smallest absolute Gasteiger partial charge is 0.409 e. The monoisotopic (exact) mass is 327 g/mol. The molecule has 2 atom stereocenters. The van der Waals surface area contributed by atoms with Crippen LogP contribution >= 0.6 is 0 Å². The van der Waals surface area contributed by atoms with Crippen molar-refractivity contribution in [2.24, 2.45) is 5.92 Å². The number of ether oxygens (including phenoxy) is 2. The van der Waals surface area contributed by atoms with E-state index in [1.807, 2.05) is 0 Å². The molecule has 1 amide bonds. The molecule has 0 bridgehead atoms. The van der Waals surface area contributed by atoms with E-state index < -0.39 is 29.7 Å². The number of piperidine rings is 1. The zero-order valence-corrected chi connectivity index (χ0v) is 13.1. The van der Waals surface area contributed by atoms with E-state index in [2.05, 4.69) is 0 Å². The molecule has 1 heterocycles. The van der Waals surface area contributed by atoms with Crippen molar-refractivity contribution in [2.75, 3.05) is 20.8 Å². The SMILES string of the molecule is COC(=O)C1CCN(C(=O)OC)C(Cc2c(F)cccc2F)C1. The first kappa shape index (κ1) is 17.2. The normalized spacial score (nSPS) is 21.0. The Morgan fingerprint density at radius 1 is 1.22 bits per heavy atom. The first-order chi connectivity index (χ1) is 11.0. The minimum absolute atomic E-state index is 0.0267. The molecule has 1 fully saturated rings. The number of nitrogens with zero attached hydrogens (tertiary/aromatic N) is 1. The Kier molecular flexibility index (Phi) is 5.52. The maximum atomic E-state index is 13.9. The van der Waals surface area contributed by atoms with Crippen LogP contribution in [-0.2, 0) is 20.7 Å². The fourth-order valence-electron chi connectivity index (χ4n) is 2.95. The molecule has 126 valence electrons. The average molecular weight is 327 g/mol. The zero-order valence-electron chi connectivity index (χ0n) is 13.1. The molecule has 1 aromatic rings. The molecule has 7 heteroatoms. The van der Waals surface area contributed by atoms with Crippen molar-refractivity contribution < 1.29 is 27.8 Å². The van der Waals surface area contributed by atoms with Crippen molar-refractivity contribution in [2.45, 2.75) is 25.3 Å². The van der Waals surface area contributed by atoms with Crippen LogP contribution in [0, 0.1) is 17.6 Å². The number of likely N-dealkylation sites (tertiary alicyclic amines) is 1. The van der Waals surface area contributed by atoms with Crippen molar-refractivity contribution in [3.05, 3.63) is 35.4 Å². The number of hydrogen-bond acceptors (Lipinski definition) is 4. The predicted molar refractivity (Wildman–Crippen MR) is 77.7 cm³/mol. The molecule has 23 heavy (non-hydrogen) atoms. The lowest BCUT2D eigenvalue weighted by molar-refractivity contribution is -0.147. The fourth-order valence-corrected chi connectivity index (χ4v) is 2.95. The third kappa shape index (κ3) is 3.78. The second-order valence-corrected chi connectivity index (χ2v) is 5.47. The second kappa shape index (κ2) is 7.39. The maximum Gasteiger partial charge on any atom is 0.409 e. The van der Waals surface area contributed by atoms with E-state index in [4.69, 9.17) is 9.47 Å². The van der Waals surface area contributed by atoms with E-state index in [0.717, 1.165) is 0 Å². The van der Waals surface area contributed by atoms with Crippen LogP contribution in [0.3, 0.4) is 0 Å². The van der Waals surface area contributed by atoms with Gasteiger partial charge in [-0.25, -0.2) is 13.6 Å². The summed E-state index contributed by atoms with van der Waals surface area (Å²) < 4.78 is 37.2. The van der Waals surface area contributed by atoms with Gasteiger partial charge in [0.1, 0.15) is 11.6 Å². The summed E-state index contributed by atoms with van der Waals surface area (Å²) in [6.07, 6.45) is 0.101. The molecule has 0 aliphatic carbocycles. The minimum Gasteiger partial charge on any atom is -0.469 e. The van der Waals surface area contributed by atoms with Gasteiger partial charge < -0.3 is 14.4 Å². The predicted octanol–water partition coefficient (Wildman–Crippen LogP) is 2.53.